The number of ether oxygens (including phenoxy) is 3. The zero-order valence-electron chi connectivity index (χ0n) is 20.5. The van der Waals surface area contributed by atoms with Gasteiger partial charge in [0.1, 0.15) is 17.3 Å². The fourth-order valence-corrected chi connectivity index (χ4v) is 4.59. The van der Waals surface area contributed by atoms with Crippen molar-refractivity contribution >= 4 is 17.4 Å². The Balaban J connectivity index is 1.73. The van der Waals surface area contributed by atoms with Crippen molar-refractivity contribution in [3.63, 3.8) is 0 Å². The lowest BCUT2D eigenvalue weighted by molar-refractivity contribution is -0.140. The van der Waals surface area contributed by atoms with Crippen molar-refractivity contribution in [1.82, 2.24) is 9.80 Å². The Morgan fingerprint density at radius 3 is 2.43 bits per heavy atom. The minimum Gasteiger partial charge on any atom is -0.507 e. The van der Waals surface area contributed by atoms with E-state index in [1.165, 1.54) is 0 Å². The molecule has 2 heterocycles. The molecule has 2 aliphatic heterocycles. The van der Waals surface area contributed by atoms with Crippen molar-refractivity contribution in [3.05, 3.63) is 64.7 Å². The van der Waals surface area contributed by atoms with E-state index in [-0.39, 0.29) is 11.3 Å². The van der Waals surface area contributed by atoms with Gasteiger partial charge in [-0.2, -0.15) is 0 Å². The highest BCUT2D eigenvalue weighted by Gasteiger charge is 2.46. The van der Waals surface area contributed by atoms with Crippen LogP contribution in [0.3, 0.4) is 0 Å². The molecule has 0 aliphatic carbocycles. The monoisotopic (exact) mass is 480 g/mol. The van der Waals surface area contributed by atoms with E-state index in [1.54, 1.807) is 42.3 Å². The molecule has 8 nitrogen and oxygen atoms in total. The van der Waals surface area contributed by atoms with Gasteiger partial charge in [0.15, 0.2) is 0 Å². The first-order valence-electron chi connectivity index (χ1n) is 11.9. The molecule has 2 saturated heterocycles. The number of nitrogens with zero attached hydrogens (tertiary/aromatic N) is 2. The number of Topliss-reactive ketones (excluding diaryl/α,β-unsaturated/α-hetero) is 1. The van der Waals surface area contributed by atoms with Crippen LogP contribution in [0.5, 0.6) is 11.5 Å². The maximum Gasteiger partial charge on any atom is 0.295 e. The number of carbonyl (C=O) groups excluding carboxylic acids is 2. The summed E-state index contributed by atoms with van der Waals surface area (Å²) in [6.45, 7) is 8.15. The van der Waals surface area contributed by atoms with Crippen LogP contribution in [0, 0.1) is 6.92 Å². The number of hydrogen-bond donors (Lipinski definition) is 1. The Morgan fingerprint density at radius 1 is 1.09 bits per heavy atom. The summed E-state index contributed by atoms with van der Waals surface area (Å²) >= 11 is 0. The molecule has 2 fully saturated rings. The number of ketones is 1. The van der Waals surface area contributed by atoms with E-state index >= 15 is 0 Å². The number of aliphatic hydroxyl groups is 1. The number of morpholine rings is 1. The van der Waals surface area contributed by atoms with Crippen LogP contribution >= 0.6 is 0 Å². The van der Waals surface area contributed by atoms with E-state index in [0.29, 0.717) is 50.0 Å². The molecular weight excluding hydrogens is 448 g/mol. The minimum absolute atomic E-state index is 0.0886. The highest BCUT2D eigenvalue weighted by molar-refractivity contribution is 6.46. The maximum absolute atomic E-state index is 13.3. The number of rotatable bonds is 8. The van der Waals surface area contributed by atoms with Gasteiger partial charge in [0.2, 0.25) is 0 Å². The third-order valence-electron chi connectivity index (χ3n) is 6.48. The molecule has 4 rings (SSSR count). The molecule has 1 amide bonds. The summed E-state index contributed by atoms with van der Waals surface area (Å²) in [6.07, 6.45) is 0. The number of likely N-dealkylation sites (tertiary alicyclic amines) is 1. The van der Waals surface area contributed by atoms with Gasteiger partial charge in [0.25, 0.3) is 11.7 Å². The SMILES string of the molecule is CCOc1ccc(/C(O)=C2/C(=O)C(=O)N(CCN3CCOCC3)C2c2ccc(OC)cc2)cc1C. The molecule has 0 bridgehead atoms. The Labute approximate surface area is 205 Å². The van der Waals surface area contributed by atoms with Crippen LogP contribution in [0.2, 0.25) is 0 Å². The third-order valence-corrected chi connectivity index (χ3v) is 6.48. The van der Waals surface area contributed by atoms with Crippen molar-refractivity contribution < 1.29 is 28.9 Å². The molecule has 0 spiro atoms. The molecule has 1 atom stereocenters. The van der Waals surface area contributed by atoms with E-state index in [4.69, 9.17) is 14.2 Å². The summed E-state index contributed by atoms with van der Waals surface area (Å²) < 4.78 is 16.3. The number of methoxy groups -OCH3 is 1. The fourth-order valence-electron chi connectivity index (χ4n) is 4.59. The number of amides is 1. The van der Waals surface area contributed by atoms with Gasteiger partial charge < -0.3 is 24.2 Å². The molecule has 2 aromatic carbocycles. The average Bonchev–Trinajstić information content (AvgIpc) is 3.14. The number of aryl methyl sites for hydroxylation is 1. The summed E-state index contributed by atoms with van der Waals surface area (Å²) in [5.41, 5.74) is 2.12. The van der Waals surface area contributed by atoms with Gasteiger partial charge in [-0.25, -0.2) is 0 Å². The number of aliphatic hydroxyl groups excluding tert-OH is 1. The first-order chi connectivity index (χ1) is 16.9. The second kappa shape index (κ2) is 10.9. The molecule has 1 N–H and O–H groups in total. The molecule has 2 aromatic rings. The molecule has 8 heteroatoms. The van der Waals surface area contributed by atoms with Gasteiger partial charge in [-0.05, 0) is 55.3 Å². The van der Waals surface area contributed by atoms with Crippen LogP contribution in [0.15, 0.2) is 48.0 Å². The fraction of sp³-hybridized carbons (Fsp3) is 0.407. The van der Waals surface area contributed by atoms with Crippen LogP contribution < -0.4 is 9.47 Å². The highest BCUT2D eigenvalue weighted by atomic mass is 16.5. The Morgan fingerprint density at radius 2 is 1.80 bits per heavy atom. The molecule has 1 unspecified atom stereocenters. The summed E-state index contributed by atoms with van der Waals surface area (Å²) in [7, 11) is 1.58. The lowest BCUT2D eigenvalue weighted by Crippen LogP contribution is -2.42. The smallest absolute Gasteiger partial charge is 0.295 e. The minimum atomic E-state index is -0.700. The summed E-state index contributed by atoms with van der Waals surface area (Å²) in [6, 6.07) is 11.8. The highest BCUT2D eigenvalue weighted by Crippen LogP contribution is 2.40. The Kier molecular flexibility index (Phi) is 7.73. The third kappa shape index (κ3) is 5.18. The number of carbonyl (C=O) groups is 2. The molecule has 186 valence electrons. The molecule has 0 radical (unpaired) electrons. The predicted molar refractivity (Wildman–Crippen MR) is 132 cm³/mol. The summed E-state index contributed by atoms with van der Waals surface area (Å²) in [5.74, 6) is -0.104. The maximum atomic E-state index is 13.3. The van der Waals surface area contributed by atoms with Crippen molar-refractivity contribution in [1.29, 1.82) is 0 Å². The Bertz CT molecular complexity index is 1110. The van der Waals surface area contributed by atoms with Gasteiger partial charge in [-0.3, -0.25) is 14.5 Å². The van der Waals surface area contributed by atoms with E-state index in [9.17, 15) is 14.7 Å². The van der Waals surface area contributed by atoms with Gasteiger partial charge in [0.05, 0.1) is 38.5 Å². The van der Waals surface area contributed by atoms with E-state index < -0.39 is 17.7 Å². The normalized spacial score (nSPS) is 20.3. The molecular formula is C27H32N2O6. The molecule has 0 saturated carbocycles. The quantitative estimate of drug-likeness (QED) is 0.353. The van der Waals surface area contributed by atoms with Gasteiger partial charge in [-0.1, -0.05) is 12.1 Å². The van der Waals surface area contributed by atoms with Crippen LogP contribution in [-0.2, 0) is 14.3 Å². The van der Waals surface area contributed by atoms with Crippen molar-refractivity contribution in [3.8, 4) is 11.5 Å². The predicted octanol–water partition coefficient (Wildman–Crippen LogP) is 3.16. The van der Waals surface area contributed by atoms with Crippen LogP contribution in [-0.4, -0.2) is 79.7 Å². The van der Waals surface area contributed by atoms with E-state index in [2.05, 4.69) is 4.90 Å². The van der Waals surface area contributed by atoms with Gasteiger partial charge in [-0.15, -0.1) is 0 Å². The Hall–Kier alpha value is -3.36. The standard InChI is InChI=1S/C27H32N2O6/c1-4-35-22-10-7-20(17-18(22)2)25(30)23-24(19-5-8-21(33-3)9-6-19)29(27(32)26(23)31)12-11-28-13-15-34-16-14-28/h5-10,17,24,30H,4,11-16H2,1-3H3/b25-23-. The molecule has 0 aromatic heterocycles. The first kappa shape index (κ1) is 24.8. The number of hydrogen-bond acceptors (Lipinski definition) is 7. The second-order valence-corrected chi connectivity index (χ2v) is 8.63. The van der Waals surface area contributed by atoms with Crippen molar-refractivity contribution in [2.45, 2.75) is 19.9 Å². The van der Waals surface area contributed by atoms with Crippen molar-refractivity contribution in [2.24, 2.45) is 0 Å². The van der Waals surface area contributed by atoms with Gasteiger partial charge >= 0.3 is 0 Å². The van der Waals surface area contributed by atoms with Crippen molar-refractivity contribution in [2.75, 3.05) is 53.1 Å². The van der Waals surface area contributed by atoms with Gasteiger partial charge in [0, 0.05) is 31.7 Å². The van der Waals surface area contributed by atoms with Crippen LogP contribution in [0.1, 0.15) is 29.7 Å². The summed E-state index contributed by atoms with van der Waals surface area (Å²) in [4.78, 5) is 30.2. The molecule has 35 heavy (non-hydrogen) atoms. The topological polar surface area (TPSA) is 88.5 Å². The lowest BCUT2D eigenvalue weighted by Gasteiger charge is -2.31. The number of benzene rings is 2. The zero-order chi connectivity index (χ0) is 24.9. The van der Waals surface area contributed by atoms with E-state index in [0.717, 1.165) is 24.2 Å². The lowest BCUT2D eigenvalue weighted by atomic mass is 9.94. The van der Waals surface area contributed by atoms with Crippen LogP contribution in [0.25, 0.3) is 5.76 Å². The zero-order valence-corrected chi connectivity index (χ0v) is 20.5. The molecule has 2 aliphatic rings. The first-order valence-corrected chi connectivity index (χ1v) is 11.9. The largest absolute Gasteiger partial charge is 0.507 e. The van der Waals surface area contributed by atoms with Crippen LogP contribution in [0.4, 0.5) is 0 Å². The second-order valence-electron chi connectivity index (χ2n) is 8.63. The van der Waals surface area contributed by atoms with E-state index in [1.807, 2.05) is 26.0 Å². The summed E-state index contributed by atoms with van der Waals surface area (Å²) in [5, 5.41) is 11.3. The average molecular weight is 481 g/mol.